The van der Waals surface area contributed by atoms with Crippen molar-refractivity contribution in [1.82, 2.24) is 4.90 Å². The molecule has 1 aromatic carbocycles. The van der Waals surface area contributed by atoms with Crippen LogP contribution in [-0.2, 0) is 0 Å². The summed E-state index contributed by atoms with van der Waals surface area (Å²) in [6, 6.07) is 9.58. The summed E-state index contributed by atoms with van der Waals surface area (Å²) in [6.45, 7) is 8.14. The zero-order valence-electron chi connectivity index (χ0n) is 22.0. The van der Waals surface area contributed by atoms with Gasteiger partial charge in [-0.25, -0.2) is 0 Å². The van der Waals surface area contributed by atoms with Gasteiger partial charge in [0.1, 0.15) is 0 Å². The molecule has 5 aliphatic rings. The summed E-state index contributed by atoms with van der Waals surface area (Å²) < 4.78 is 0. The van der Waals surface area contributed by atoms with E-state index < -0.39 is 0 Å². The number of nitrogens with zero attached hydrogens (tertiary/aromatic N) is 2. The van der Waals surface area contributed by atoms with E-state index in [0.717, 1.165) is 35.3 Å². The molecule has 184 valence electrons. The maximum atomic E-state index is 11.7. The molecule has 3 nitrogen and oxygen atoms in total. The first-order valence-electron chi connectivity index (χ1n) is 14.0. The van der Waals surface area contributed by atoms with E-state index in [1.54, 1.807) is 12.5 Å². The average molecular weight is 461 g/mol. The van der Waals surface area contributed by atoms with E-state index >= 15 is 0 Å². The van der Waals surface area contributed by atoms with E-state index in [1.807, 2.05) is 12.1 Å². The maximum Gasteiger partial charge on any atom is 0.159 e. The number of hydrogen-bond acceptors (Lipinski definition) is 3. The Balaban J connectivity index is 1.21. The van der Waals surface area contributed by atoms with Crippen LogP contribution in [0.5, 0.6) is 0 Å². The molecule has 1 aliphatic heterocycles. The van der Waals surface area contributed by atoms with Crippen LogP contribution in [0.4, 0.5) is 5.69 Å². The number of allylic oxidation sites excluding steroid dienone is 1. The van der Waals surface area contributed by atoms with Crippen molar-refractivity contribution in [2.45, 2.75) is 84.2 Å². The Morgan fingerprint density at radius 1 is 1.03 bits per heavy atom. The number of anilines is 1. The van der Waals surface area contributed by atoms with E-state index in [1.165, 1.54) is 63.6 Å². The van der Waals surface area contributed by atoms with Crippen molar-refractivity contribution in [3.8, 4) is 0 Å². The smallest absolute Gasteiger partial charge is 0.159 e. The molecule has 1 saturated heterocycles. The van der Waals surface area contributed by atoms with E-state index in [9.17, 15) is 4.79 Å². The Bertz CT molecular complexity index is 997. The highest BCUT2D eigenvalue weighted by molar-refractivity contribution is 5.94. The van der Waals surface area contributed by atoms with Crippen molar-refractivity contribution < 1.29 is 4.79 Å². The number of rotatable bonds is 3. The number of ketones is 1. The van der Waals surface area contributed by atoms with Crippen LogP contribution in [-0.4, -0.2) is 43.4 Å². The topological polar surface area (TPSA) is 23.6 Å². The van der Waals surface area contributed by atoms with Gasteiger partial charge in [-0.2, -0.15) is 0 Å². The summed E-state index contributed by atoms with van der Waals surface area (Å²) in [5.41, 5.74) is 4.85. The molecule has 8 atom stereocenters. The highest BCUT2D eigenvalue weighted by atomic mass is 16.1. The quantitative estimate of drug-likeness (QED) is 0.376. The molecule has 0 radical (unpaired) electrons. The average Bonchev–Trinajstić information content (AvgIpc) is 3.31. The lowest BCUT2D eigenvalue weighted by atomic mass is 9.47. The number of benzene rings is 1. The molecule has 0 amide bonds. The van der Waals surface area contributed by atoms with Crippen LogP contribution in [0.1, 0.15) is 82.5 Å². The van der Waals surface area contributed by atoms with Gasteiger partial charge in [0.15, 0.2) is 5.78 Å². The highest BCUT2D eigenvalue weighted by Gasteiger charge is 2.64. The van der Waals surface area contributed by atoms with Crippen molar-refractivity contribution >= 4 is 11.5 Å². The molecule has 4 aliphatic carbocycles. The van der Waals surface area contributed by atoms with Gasteiger partial charge in [-0.05, 0) is 131 Å². The predicted molar refractivity (Wildman–Crippen MR) is 140 cm³/mol. The van der Waals surface area contributed by atoms with Gasteiger partial charge in [-0.1, -0.05) is 18.6 Å². The fourth-order valence-corrected chi connectivity index (χ4v) is 9.92. The molecule has 4 fully saturated rings. The lowest BCUT2D eigenvalue weighted by Gasteiger charge is -2.58. The zero-order valence-corrected chi connectivity index (χ0v) is 22.0. The molecule has 0 aromatic heterocycles. The van der Waals surface area contributed by atoms with Crippen LogP contribution in [0.25, 0.3) is 0 Å². The highest BCUT2D eigenvalue weighted by Crippen LogP contribution is 2.68. The van der Waals surface area contributed by atoms with E-state index in [2.05, 4.69) is 56.0 Å². The minimum atomic E-state index is 0.145. The monoisotopic (exact) mass is 460 g/mol. The molecule has 6 rings (SSSR count). The predicted octanol–water partition coefficient (Wildman–Crippen LogP) is 6.59. The fourth-order valence-electron chi connectivity index (χ4n) is 9.92. The SMILES string of the molecule is CC(=O)c1ccc(N(C)[C@H]2CC[C@@]3(C)C(=CC[C@H]4[C@@H]5CC[C@@H]6[C@H](C)N(C)C[C@@]65CC[C@@H]43)C2)cc1. The Labute approximate surface area is 207 Å². The summed E-state index contributed by atoms with van der Waals surface area (Å²) >= 11 is 0. The van der Waals surface area contributed by atoms with Crippen molar-refractivity contribution in [2.24, 2.45) is 34.5 Å². The maximum absolute atomic E-state index is 11.7. The Morgan fingerprint density at radius 2 is 1.76 bits per heavy atom. The van der Waals surface area contributed by atoms with E-state index in [4.69, 9.17) is 0 Å². The first-order valence-corrected chi connectivity index (χ1v) is 14.0. The summed E-state index contributed by atoms with van der Waals surface area (Å²) in [7, 11) is 4.63. The largest absolute Gasteiger partial charge is 0.371 e. The molecule has 0 bridgehead atoms. The third kappa shape index (κ3) is 3.14. The van der Waals surface area contributed by atoms with Crippen LogP contribution in [0.15, 0.2) is 35.9 Å². The minimum Gasteiger partial charge on any atom is -0.371 e. The number of hydrogen-bond donors (Lipinski definition) is 0. The second-order valence-corrected chi connectivity index (χ2v) is 13.0. The number of Topliss-reactive ketones (excluding diaryl/α,β-unsaturated/α-hetero) is 1. The molecular weight excluding hydrogens is 416 g/mol. The van der Waals surface area contributed by atoms with Crippen molar-refractivity contribution in [3.63, 3.8) is 0 Å². The third-order valence-corrected chi connectivity index (χ3v) is 11.9. The van der Waals surface area contributed by atoms with Crippen LogP contribution < -0.4 is 4.90 Å². The number of likely N-dealkylation sites (tertiary alicyclic amines) is 1. The fraction of sp³-hybridized carbons (Fsp3) is 0.710. The Morgan fingerprint density at radius 3 is 2.50 bits per heavy atom. The van der Waals surface area contributed by atoms with Crippen molar-refractivity contribution in [2.75, 3.05) is 25.5 Å². The molecular formula is C31H44N2O. The van der Waals surface area contributed by atoms with Gasteiger partial charge >= 0.3 is 0 Å². The Hall–Kier alpha value is -1.61. The van der Waals surface area contributed by atoms with Crippen molar-refractivity contribution in [1.29, 1.82) is 0 Å². The number of carbonyl (C=O) groups is 1. The van der Waals surface area contributed by atoms with Gasteiger partial charge in [0, 0.05) is 36.9 Å². The second-order valence-electron chi connectivity index (χ2n) is 13.0. The van der Waals surface area contributed by atoms with Crippen LogP contribution >= 0.6 is 0 Å². The third-order valence-electron chi connectivity index (χ3n) is 11.9. The molecule has 3 saturated carbocycles. The Kier molecular flexibility index (Phi) is 5.34. The van der Waals surface area contributed by atoms with E-state index in [-0.39, 0.29) is 5.78 Å². The van der Waals surface area contributed by atoms with E-state index in [0.29, 0.717) is 16.9 Å². The number of fused-ring (bicyclic) bond motifs is 4. The summed E-state index contributed by atoms with van der Waals surface area (Å²) in [6.07, 6.45) is 13.8. The van der Waals surface area contributed by atoms with Crippen molar-refractivity contribution in [3.05, 3.63) is 41.5 Å². The lowest BCUT2D eigenvalue weighted by Crippen LogP contribution is -2.52. The van der Waals surface area contributed by atoms with Crippen LogP contribution in [0, 0.1) is 34.5 Å². The first kappa shape index (κ1) is 22.8. The molecule has 1 aromatic rings. The molecule has 1 spiro atoms. The first-order chi connectivity index (χ1) is 16.2. The zero-order chi connectivity index (χ0) is 23.8. The minimum absolute atomic E-state index is 0.145. The molecule has 0 N–H and O–H groups in total. The lowest BCUT2D eigenvalue weighted by molar-refractivity contribution is -0.0398. The summed E-state index contributed by atoms with van der Waals surface area (Å²) in [4.78, 5) is 16.8. The van der Waals surface area contributed by atoms with Gasteiger partial charge in [0.25, 0.3) is 0 Å². The number of carbonyl (C=O) groups excluding carboxylic acids is 1. The van der Waals surface area contributed by atoms with Gasteiger partial charge in [-0.3, -0.25) is 4.79 Å². The molecule has 0 unspecified atom stereocenters. The normalized spacial score (nSPS) is 43.4. The summed E-state index contributed by atoms with van der Waals surface area (Å²) in [5, 5.41) is 0. The second kappa shape index (κ2) is 7.95. The van der Waals surface area contributed by atoms with Gasteiger partial charge in [0.05, 0.1) is 0 Å². The molecule has 1 heterocycles. The van der Waals surface area contributed by atoms with Crippen LogP contribution in [0.2, 0.25) is 0 Å². The standard InChI is InChI=1S/C31H44N2O/c1-20-27-12-13-29-26-11-8-23-18-25(33(5)24-9-6-22(7-10-24)21(2)34)14-16-30(23,3)28(26)15-17-31(27,29)19-32(20)4/h6-10,20,25-29H,11-19H2,1-5H3/t20-,25-,26+,27+,28-,29-,30-,31-/m0/s1. The van der Waals surface area contributed by atoms with Gasteiger partial charge in [0.2, 0.25) is 0 Å². The molecule has 34 heavy (non-hydrogen) atoms. The van der Waals surface area contributed by atoms with Gasteiger partial charge in [-0.15, -0.1) is 0 Å². The van der Waals surface area contributed by atoms with Crippen LogP contribution in [0.3, 0.4) is 0 Å². The summed E-state index contributed by atoms with van der Waals surface area (Å²) in [5.74, 6) is 3.86. The van der Waals surface area contributed by atoms with Gasteiger partial charge < -0.3 is 9.80 Å². The molecule has 3 heteroatoms.